The molecule has 0 aromatic heterocycles. The fourth-order valence-electron chi connectivity index (χ4n) is 2.00. The molecule has 22 heavy (non-hydrogen) atoms. The number of hydrogen-bond donors (Lipinski definition) is 3. The number of hydrazine groups is 1. The lowest BCUT2D eigenvalue weighted by Crippen LogP contribution is -2.41. The van der Waals surface area contributed by atoms with Crippen LogP contribution < -0.4 is 10.9 Å². The fraction of sp³-hybridized carbons (Fsp3) is 0.235. The molecule has 0 radical (unpaired) electrons. The zero-order valence-electron chi connectivity index (χ0n) is 12.5. The highest BCUT2D eigenvalue weighted by molar-refractivity contribution is 5.74. The molecule has 2 aromatic carbocycles. The van der Waals surface area contributed by atoms with Crippen LogP contribution in [0.5, 0.6) is 0 Å². The van der Waals surface area contributed by atoms with Gasteiger partial charge in [0.1, 0.15) is 0 Å². The lowest BCUT2D eigenvalue weighted by molar-refractivity contribution is -0.150. The Morgan fingerprint density at radius 3 is 2.32 bits per heavy atom. The average Bonchev–Trinajstić information content (AvgIpc) is 2.59. The Morgan fingerprint density at radius 2 is 1.68 bits per heavy atom. The molecule has 0 fully saturated rings. The highest BCUT2D eigenvalue weighted by Crippen LogP contribution is 2.18. The number of esters is 1. The van der Waals surface area contributed by atoms with E-state index in [0.29, 0.717) is 6.54 Å². The second kappa shape index (κ2) is 8.29. The van der Waals surface area contributed by atoms with E-state index in [-0.39, 0.29) is 6.54 Å². The molecule has 2 aromatic rings. The van der Waals surface area contributed by atoms with Crippen LogP contribution in [0.4, 0.5) is 0 Å². The number of hydrogen-bond acceptors (Lipinski definition) is 5. The zero-order valence-corrected chi connectivity index (χ0v) is 12.5. The molecule has 3 N–H and O–H groups in total. The molecule has 0 amide bonds. The number of benzene rings is 2. The van der Waals surface area contributed by atoms with Crippen molar-refractivity contribution in [2.75, 3.05) is 13.7 Å². The van der Waals surface area contributed by atoms with E-state index in [9.17, 15) is 9.90 Å². The maximum atomic E-state index is 11.0. The van der Waals surface area contributed by atoms with Gasteiger partial charge in [-0.15, -0.1) is 0 Å². The number of aliphatic hydroxyl groups is 1. The molecular formula is C17H20N2O3. The standard InChI is InChI=1S/C17H20N2O3/c1-22-17(21)16(20)12-19-18-11-13-7-9-15(10-8-13)14-5-3-2-4-6-14/h2-10,16,18-20H,11-12H2,1H3/t16-/m1/s1. The third-order valence-corrected chi connectivity index (χ3v) is 3.25. The third-order valence-electron chi connectivity index (χ3n) is 3.25. The van der Waals surface area contributed by atoms with E-state index in [1.54, 1.807) is 0 Å². The topological polar surface area (TPSA) is 70.6 Å². The van der Waals surface area contributed by atoms with Gasteiger partial charge in [0.2, 0.25) is 0 Å². The van der Waals surface area contributed by atoms with E-state index in [1.165, 1.54) is 18.2 Å². The molecule has 5 heteroatoms. The second-order valence-corrected chi connectivity index (χ2v) is 4.84. The van der Waals surface area contributed by atoms with Crippen LogP contribution in [-0.4, -0.2) is 30.8 Å². The van der Waals surface area contributed by atoms with Crippen LogP contribution in [-0.2, 0) is 16.1 Å². The minimum Gasteiger partial charge on any atom is -0.467 e. The van der Waals surface area contributed by atoms with Gasteiger partial charge < -0.3 is 9.84 Å². The van der Waals surface area contributed by atoms with Crippen molar-refractivity contribution in [3.8, 4) is 11.1 Å². The fourth-order valence-corrected chi connectivity index (χ4v) is 2.00. The number of aliphatic hydroxyl groups excluding tert-OH is 1. The van der Waals surface area contributed by atoms with E-state index >= 15 is 0 Å². The molecule has 0 aliphatic carbocycles. The van der Waals surface area contributed by atoms with Crippen LogP contribution >= 0.6 is 0 Å². The molecule has 0 spiro atoms. The van der Waals surface area contributed by atoms with Crippen LogP contribution in [0.3, 0.4) is 0 Å². The number of rotatable bonds is 7. The van der Waals surface area contributed by atoms with Gasteiger partial charge in [-0.2, -0.15) is 0 Å². The van der Waals surface area contributed by atoms with Gasteiger partial charge in [-0.3, -0.25) is 10.9 Å². The molecule has 0 unspecified atom stereocenters. The van der Waals surface area contributed by atoms with Crippen molar-refractivity contribution in [1.29, 1.82) is 0 Å². The lowest BCUT2D eigenvalue weighted by atomic mass is 10.0. The van der Waals surface area contributed by atoms with Gasteiger partial charge in [0.15, 0.2) is 6.10 Å². The molecule has 5 nitrogen and oxygen atoms in total. The summed E-state index contributed by atoms with van der Waals surface area (Å²) in [5.74, 6) is -0.651. The van der Waals surface area contributed by atoms with Crippen molar-refractivity contribution in [3.63, 3.8) is 0 Å². The summed E-state index contributed by atoms with van der Waals surface area (Å²) in [6, 6.07) is 18.4. The second-order valence-electron chi connectivity index (χ2n) is 4.84. The number of nitrogens with one attached hydrogen (secondary N) is 2. The molecule has 0 bridgehead atoms. The van der Waals surface area contributed by atoms with Gasteiger partial charge in [-0.1, -0.05) is 54.6 Å². The maximum absolute atomic E-state index is 11.0. The minimum absolute atomic E-state index is 0.0920. The summed E-state index contributed by atoms with van der Waals surface area (Å²) in [6.07, 6.45) is -1.17. The first-order chi connectivity index (χ1) is 10.7. The van der Waals surface area contributed by atoms with Crippen LogP contribution in [0.2, 0.25) is 0 Å². The van der Waals surface area contributed by atoms with Crippen LogP contribution in [0.15, 0.2) is 54.6 Å². The number of carbonyl (C=O) groups is 1. The Balaban J connectivity index is 1.79. The molecule has 1 atom stereocenters. The summed E-state index contributed by atoms with van der Waals surface area (Å²) in [7, 11) is 1.24. The zero-order chi connectivity index (χ0) is 15.8. The Kier molecular flexibility index (Phi) is 6.09. The first-order valence-corrected chi connectivity index (χ1v) is 7.06. The summed E-state index contributed by atoms with van der Waals surface area (Å²) >= 11 is 0. The normalized spacial score (nSPS) is 11.9. The van der Waals surface area contributed by atoms with Gasteiger partial charge in [0.25, 0.3) is 0 Å². The number of ether oxygens (including phenoxy) is 1. The van der Waals surface area contributed by atoms with E-state index in [0.717, 1.165) is 5.56 Å². The molecule has 2 rings (SSSR count). The molecule has 0 saturated heterocycles. The van der Waals surface area contributed by atoms with Gasteiger partial charge >= 0.3 is 5.97 Å². The minimum atomic E-state index is -1.17. The van der Waals surface area contributed by atoms with E-state index in [2.05, 4.69) is 39.9 Å². The quantitative estimate of drug-likeness (QED) is 0.410. The molecule has 0 heterocycles. The summed E-state index contributed by atoms with van der Waals surface area (Å²) < 4.78 is 4.43. The SMILES string of the molecule is COC(=O)[C@H](O)CNNCc1ccc(-c2ccccc2)cc1. The van der Waals surface area contributed by atoms with Crippen molar-refractivity contribution in [2.45, 2.75) is 12.6 Å². The largest absolute Gasteiger partial charge is 0.467 e. The molecule has 0 saturated carbocycles. The maximum Gasteiger partial charge on any atom is 0.336 e. The van der Waals surface area contributed by atoms with Crippen molar-refractivity contribution in [2.24, 2.45) is 0 Å². The summed E-state index contributed by atoms with van der Waals surface area (Å²) in [5, 5.41) is 9.40. The Morgan fingerprint density at radius 1 is 1.05 bits per heavy atom. The van der Waals surface area contributed by atoms with Crippen LogP contribution in [0.1, 0.15) is 5.56 Å². The highest BCUT2D eigenvalue weighted by atomic mass is 16.5. The highest BCUT2D eigenvalue weighted by Gasteiger charge is 2.13. The van der Waals surface area contributed by atoms with E-state index in [1.807, 2.05) is 30.3 Å². The molecule has 116 valence electrons. The lowest BCUT2D eigenvalue weighted by Gasteiger charge is -2.11. The third kappa shape index (κ3) is 4.66. The summed E-state index contributed by atoms with van der Waals surface area (Å²) in [5.41, 5.74) is 9.19. The smallest absolute Gasteiger partial charge is 0.336 e. The van der Waals surface area contributed by atoms with Crippen molar-refractivity contribution in [3.05, 3.63) is 60.2 Å². The number of methoxy groups -OCH3 is 1. The van der Waals surface area contributed by atoms with Crippen molar-refractivity contribution < 1.29 is 14.6 Å². The average molecular weight is 300 g/mol. The molecular weight excluding hydrogens is 280 g/mol. The Labute approximate surface area is 129 Å². The predicted molar refractivity (Wildman–Crippen MR) is 84.7 cm³/mol. The monoisotopic (exact) mass is 300 g/mol. The van der Waals surface area contributed by atoms with Gasteiger partial charge in [0.05, 0.1) is 7.11 Å². The van der Waals surface area contributed by atoms with Crippen molar-refractivity contribution >= 4 is 5.97 Å². The van der Waals surface area contributed by atoms with E-state index < -0.39 is 12.1 Å². The van der Waals surface area contributed by atoms with E-state index in [4.69, 9.17) is 0 Å². The first-order valence-electron chi connectivity index (χ1n) is 7.06. The van der Waals surface area contributed by atoms with Crippen LogP contribution in [0, 0.1) is 0 Å². The van der Waals surface area contributed by atoms with Gasteiger partial charge in [-0.05, 0) is 16.7 Å². The van der Waals surface area contributed by atoms with Crippen molar-refractivity contribution in [1.82, 2.24) is 10.9 Å². The number of carbonyl (C=O) groups excluding carboxylic acids is 1. The van der Waals surface area contributed by atoms with Gasteiger partial charge in [0, 0.05) is 13.1 Å². The Bertz CT molecular complexity index is 585. The Hall–Kier alpha value is -2.21. The first kappa shape index (κ1) is 16.2. The summed E-state index contributed by atoms with van der Waals surface area (Å²) in [4.78, 5) is 11.0. The molecule has 0 aliphatic rings. The predicted octanol–water partition coefficient (Wildman–Crippen LogP) is 1.48. The van der Waals surface area contributed by atoms with Gasteiger partial charge in [-0.25, -0.2) is 4.79 Å². The van der Waals surface area contributed by atoms with Crippen LogP contribution in [0.25, 0.3) is 11.1 Å². The molecule has 0 aliphatic heterocycles. The summed E-state index contributed by atoms with van der Waals surface area (Å²) in [6.45, 7) is 0.678.